The molecule has 0 radical (unpaired) electrons. The summed E-state index contributed by atoms with van der Waals surface area (Å²) in [6.07, 6.45) is 0. The zero-order chi connectivity index (χ0) is 18.8. The molecule has 2 aromatic carbocycles. The first-order valence-electron chi connectivity index (χ1n) is 8.69. The molecule has 136 valence electrons. The maximum atomic E-state index is 6.57. The van der Waals surface area contributed by atoms with Gasteiger partial charge in [0.2, 0.25) is 0 Å². The van der Waals surface area contributed by atoms with Gasteiger partial charge in [0.15, 0.2) is 0 Å². The molecule has 0 aromatic heterocycles. The summed E-state index contributed by atoms with van der Waals surface area (Å²) in [4.78, 5) is 2.54. The third kappa shape index (κ3) is 6.48. The van der Waals surface area contributed by atoms with Gasteiger partial charge < -0.3 is 0 Å². The molecular formula is C20H28Cl2SSi2. The van der Waals surface area contributed by atoms with Crippen molar-refractivity contribution in [1.82, 2.24) is 0 Å². The number of halogens is 2. The summed E-state index contributed by atoms with van der Waals surface area (Å²) in [5, 5.41) is 1.78. The van der Waals surface area contributed by atoms with Crippen molar-refractivity contribution in [3.05, 3.63) is 57.6 Å². The highest BCUT2D eigenvalue weighted by molar-refractivity contribution is 7.99. The van der Waals surface area contributed by atoms with Crippen LogP contribution in [0.2, 0.25) is 49.3 Å². The lowest BCUT2D eigenvalue weighted by atomic mass is 10.2. The number of hydrogen-bond donors (Lipinski definition) is 0. The van der Waals surface area contributed by atoms with Crippen LogP contribution in [0.5, 0.6) is 0 Å². The minimum atomic E-state index is -1.26. The van der Waals surface area contributed by atoms with E-state index in [-0.39, 0.29) is 0 Å². The molecule has 0 amide bonds. The zero-order valence-electron chi connectivity index (χ0n) is 16.0. The van der Waals surface area contributed by atoms with Crippen LogP contribution in [0.1, 0.15) is 11.1 Å². The molecule has 0 fully saturated rings. The van der Waals surface area contributed by atoms with Crippen LogP contribution in [0.15, 0.2) is 46.2 Å². The average Bonchev–Trinajstić information content (AvgIpc) is 2.44. The van der Waals surface area contributed by atoms with E-state index in [0.717, 1.165) is 22.1 Å². The molecule has 5 heteroatoms. The number of hydrogen-bond acceptors (Lipinski definition) is 1. The molecule has 0 aliphatic heterocycles. The molecule has 25 heavy (non-hydrogen) atoms. The van der Waals surface area contributed by atoms with E-state index in [1.165, 1.54) is 20.9 Å². The Kier molecular flexibility index (Phi) is 6.94. The topological polar surface area (TPSA) is 0 Å². The molecule has 0 N–H and O–H groups in total. The molecule has 0 aliphatic rings. The summed E-state index contributed by atoms with van der Waals surface area (Å²) in [7, 11) is -2.52. The molecule has 0 aliphatic carbocycles. The molecule has 0 atom stereocenters. The standard InChI is InChI=1S/C20H28Cl2SSi2/c1-24(2,3)13-15-17(21)9-7-11-19(15)23-20-12-8-10-18(22)16(20)14-25(4,5)6/h7-12H,13-14H2,1-6H3. The quantitative estimate of drug-likeness (QED) is 0.421. The van der Waals surface area contributed by atoms with Crippen molar-refractivity contribution in [2.45, 2.75) is 61.2 Å². The Morgan fingerprint density at radius 2 is 1.04 bits per heavy atom. The first kappa shape index (κ1) is 21.1. The van der Waals surface area contributed by atoms with E-state index < -0.39 is 16.1 Å². The maximum absolute atomic E-state index is 6.57. The van der Waals surface area contributed by atoms with Crippen LogP contribution < -0.4 is 0 Å². The van der Waals surface area contributed by atoms with Gasteiger partial charge in [-0.15, -0.1) is 0 Å². The largest absolute Gasteiger partial charge is 0.0894 e. The lowest BCUT2D eigenvalue weighted by molar-refractivity contribution is 1.18. The third-order valence-corrected chi connectivity index (χ3v) is 8.53. The van der Waals surface area contributed by atoms with Gasteiger partial charge >= 0.3 is 0 Å². The van der Waals surface area contributed by atoms with Crippen molar-refractivity contribution in [3.63, 3.8) is 0 Å². The molecule has 2 aromatic rings. The molecule has 0 heterocycles. The van der Waals surface area contributed by atoms with Gasteiger partial charge in [0, 0.05) is 36.0 Å². The normalized spacial score (nSPS) is 12.5. The van der Waals surface area contributed by atoms with Gasteiger partial charge in [0.1, 0.15) is 0 Å². The number of rotatable bonds is 6. The van der Waals surface area contributed by atoms with E-state index in [2.05, 4.69) is 63.5 Å². The lowest BCUT2D eigenvalue weighted by Gasteiger charge is -2.22. The van der Waals surface area contributed by atoms with Crippen LogP contribution in [0.4, 0.5) is 0 Å². The van der Waals surface area contributed by atoms with Crippen LogP contribution >= 0.6 is 35.0 Å². The molecule has 0 saturated heterocycles. The van der Waals surface area contributed by atoms with E-state index in [0.29, 0.717) is 0 Å². The van der Waals surface area contributed by atoms with Crippen LogP contribution in [-0.4, -0.2) is 16.1 Å². The summed E-state index contributed by atoms with van der Waals surface area (Å²) in [6, 6.07) is 14.7. The summed E-state index contributed by atoms with van der Waals surface area (Å²) in [6.45, 7) is 14.3. The minimum Gasteiger partial charge on any atom is -0.0894 e. The van der Waals surface area contributed by atoms with E-state index in [1.807, 2.05) is 23.9 Å². The fraction of sp³-hybridized carbons (Fsp3) is 0.400. The van der Waals surface area contributed by atoms with Gasteiger partial charge in [-0.1, -0.05) is 86.4 Å². The second-order valence-corrected chi connectivity index (χ2v) is 21.9. The predicted octanol–water partition coefficient (Wildman–Crippen LogP) is 7.98. The van der Waals surface area contributed by atoms with Gasteiger partial charge in [-0.05, 0) is 47.5 Å². The Hall–Kier alpha value is -0.196. The van der Waals surface area contributed by atoms with E-state index >= 15 is 0 Å². The lowest BCUT2D eigenvalue weighted by Crippen LogP contribution is -2.25. The maximum Gasteiger partial charge on any atom is 0.0488 e. The van der Waals surface area contributed by atoms with Crippen molar-refractivity contribution in [2.75, 3.05) is 0 Å². The zero-order valence-corrected chi connectivity index (χ0v) is 20.4. The molecular weight excluding hydrogens is 399 g/mol. The van der Waals surface area contributed by atoms with Crippen molar-refractivity contribution < 1.29 is 0 Å². The smallest absolute Gasteiger partial charge is 0.0488 e. The predicted molar refractivity (Wildman–Crippen MR) is 121 cm³/mol. The van der Waals surface area contributed by atoms with Crippen LogP contribution in [0, 0.1) is 0 Å². The summed E-state index contributed by atoms with van der Waals surface area (Å²) < 4.78 is 0. The summed E-state index contributed by atoms with van der Waals surface area (Å²) in [5.74, 6) is 0. The van der Waals surface area contributed by atoms with Crippen LogP contribution in [0.3, 0.4) is 0 Å². The Morgan fingerprint density at radius 3 is 1.36 bits per heavy atom. The van der Waals surface area contributed by atoms with Crippen molar-refractivity contribution >= 4 is 51.1 Å². The third-order valence-electron chi connectivity index (χ3n) is 3.79. The van der Waals surface area contributed by atoms with Gasteiger partial charge in [0.05, 0.1) is 0 Å². The molecule has 0 unspecified atom stereocenters. The molecule has 0 bridgehead atoms. The fourth-order valence-electron chi connectivity index (χ4n) is 2.79. The van der Waals surface area contributed by atoms with Crippen LogP contribution in [-0.2, 0) is 12.1 Å². The Labute approximate surface area is 169 Å². The van der Waals surface area contributed by atoms with E-state index in [1.54, 1.807) is 0 Å². The van der Waals surface area contributed by atoms with Gasteiger partial charge in [-0.25, -0.2) is 0 Å². The monoisotopic (exact) mass is 426 g/mol. The molecule has 0 spiro atoms. The van der Waals surface area contributed by atoms with Gasteiger partial charge in [0.25, 0.3) is 0 Å². The highest BCUT2D eigenvalue weighted by Gasteiger charge is 2.22. The van der Waals surface area contributed by atoms with Gasteiger partial charge in [-0.2, -0.15) is 0 Å². The molecule has 2 rings (SSSR count). The first-order valence-corrected chi connectivity index (χ1v) is 17.7. The second kappa shape index (κ2) is 8.22. The van der Waals surface area contributed by atoms with Crippen LogP contribution in [0.25, 0.3) is 0 Å². The van der Waals surface area contributed by atoms with Crippen molar-refractivity contribution in [2.24, 2.45) is 0 Å². The van der Waals surface area contributed by atoms with E-state index in [9.17, 15) is 0 Å². The van der Waals surface area contributed by atoms with Gasteiger partial charge in [-0.3, -0.25) is 0 Å². The minimum absolute atomic E-state index is 0.890. The number of benzene rings is 2. The summed E-state index contributed by atoms with van der Waals surface area (Å²) >= 11 is 15.0. The summed E-state index contributed by atoms with van der Waals surface area (Å²) in [5.41, 5.74) is 2.60. The molecule has 0 saturated carbocycles. The Balaban J connectivity index is 2.44. The fourth-order valence-corrected chi connectivity index (χ4v) is 7.89. The highest BCUT2D eigenvalue weighted by Crippen LogP contribution is 2.39. The Bertz CT molecular complexity index is 683. The molecule has 0 nitrogen and oxygen atoms in total. The second-order valence-electron chi connectivity index (χ2n) is 9.01. The highest BCUT2D eigenvalue weighted by atomic mass is 35.5. The Morgan fingerprint density at radius 1 is 0.680 bits per heavy atom. The van der Waals surface area contributed by atoms with Crippen molar-refractivity contribution in [3.8, 4) is 0 Å². The SMILES string of the molecule is C[Si](C)(C)Cc1c(Cl)cccc1Sc1cccc(Cl)c1C[Si](C)(C)C. The van der Waals surface area contributed by atoms with E-state index in [4.69, 9.17) is 23.2 Å². The van der Waals surface area contributed by atoms with Crippen molar-refractivity contribution in [1.29, 1.82) is 0 Å². The average molecular weight is 428 g/mol. The first-order chi connectivity index (χ1) is 11.5.